The van der Waals surface area contributed by atoms with Gasteiger partial charge in [0.15, 0.2) is 0 Å². The highest BCUT2D eigenvalue weighted by Crippen LogP contribution is 2.08. The van der Waals surface area contributed by atoms with Crippen LogP contribution in [0.15, 0.2) is 12.7 Å². The molecule has 0 aromatic carbocycles. The van der Waals surface area contributed by atoms with E-state index in [2.05, 4.69) is 24.7 Å². The van der Waals surface area contributed by atoms with Gasteiger partial charge in [0, 0.05) is 17.9 Å². The van der Waals surface area contributed by atoms with Crippen LogP contribution in [0.1, 0.15) is 12.8 Å². The Balaban J connectivity index is 4.71. The molecular weight excluding hydrogens is 358 g/mol. The first-order valence-corrected chi connectivity index (χ1v) is 8.43. The van der Waals surface area contributed by atoms with Crippen LogP contribution in [-0.4, -0.2) is 68.4 Å². The Bertz CT molecular complexity index is 488. The predicted octanol–water partition coefficient (Wildman–Crippen LogP) is -0.659. The second kappa shape index (κ2) is 11.8. The molecule has 0 saturated carbocycles. The van der Waals surface area contributed by atoms with Crippen molar-refractivity contribution in [2.24, 2.45) is 5.73 Å². The molecule has 0 fully saturated rings. The van der Waals surface area contributed by atoms with Crippen LogP contribution < -0.4 is 11.1 Å². The number of carboxylic acid groups (broad SMARTS) is 2. The molecule has 0 radical (unpaired) electrons. The van der Waals surface area contributed by atoms with Crippen molar-refractivity contribution in [3.05, 3.63) is 12.7 Å². The molecule has 0 aliphatic rings. The van der Waals surface area contributed by atoms with Crippen molar-refractivity contribution >= 4 is 48.3 Å². The van der Waals surface area contributed by atoms with Gasteiger partial charge in [0.25, 0.3) is 5.91 Å². The number of carbonyl (C=O) groups is 4. The molecule has 5 N–H and O–H groups in total. The maximum absolute atomic E-state index is 12.2. The Morgan fingerprint density at radius 1 is 1.33 bits per heavy atom. The van der Waals surface area contributed by atoms with Crippen molar-refractivity contribution in [1.29, 1.82) is 0 Å². The zero-order valence-corrected chi connectivity index (χ0v) is 14.6. The average molecular weight is 379 g/mol. The van der Waals surface area contributed by atoms with Crippen LogP contribution in [0.5, 0.6) is 0 Å². The lowest BCUT2D eigenvalue weighted by Gasteiger charge is -2.22. The van der Waals surface area contributed by atoms with Gasteiger partial charge in [-0.3, -0.25) is 23.5 Å². The lowest BCUT2D eigenvalue weighted by Crippen LogP contribution is -2.48. The Kier molecular flexibility index (Phi) is 10.9. The Morgan fingerprint density at radius 2 is 1.96 bits per heavy atom. The fourth-order valence-corrected chi connectivity index (χ4v) is 2.53. The average Bonchev–Trinajstić information content (AvgIpc) is 2.50. The monoisotopic (exact) mass is 379 g/mol. The summed E-state index contributed by atoms with van der Waals surface area (Å²) in [5, 5.41) is 19.8. The zero-order valence-electron chi connectivity index (χ0n) is 12.9. The molecular formula is C13H21N3O6S2. The summed E-state index contributed by atoms with van der Waals surface area (Å²) >= 11 is 5.12. The highest BCUT2D eigenvalue weighted by atomic mass is 32.2. The smallest absolute Gasteiger partial charge is 0.324 e. The van der Waals surface area contributed by atoms with Crippen molar-refractivity contribution in [3.8, 4) is 0 Å². The molecule has 0 aromatic rings. The standard InChI is InChI=1S/C13H21N3O6S2/c1-2-5-24-7-9(12(20)16(23)6-11(18)19)15-10(17)4-3-8(14)13(21)22/h2,8-9,23H,1,3-7,14H2,(H,15,17)(H,18,19)(H,21,22). The Hall–Kier alpha value is -1.72. The molecule has 0 heterocycles. The summed E-state index contributed by atoms with van der Waals surface area (Å²) in [5.74, 6) is -2.96. The van der Waals surface area contributed by atoms with E-state index < -0.39 is 42.4 Å². The number of carboxylic acids is 2. The highest BCUT2D eigenvalue weighted by molar-refractivity contribution is 7.99. The summed E-state index contributed by atoms with van der Waals surface area (Å²) in [6.45, 7) is 2.92. The van der Waals surface area contributed by atoms with E-state index in [0.29, 0.717) is 10.1 Å². The van der Waals surface area contributed by atoms with E-state index in [1.54, 1.807) is 6.08 Å². The summed E-state index contributed by atoms with van der Waals surface area (Å²) in [5.41, 5.74) is 5.31. The summed E-state index contributed by atoms with van der Waals surface area (Å²) in [6.07, 6.45) is 1.37. The maximum atomic E-state index is 12.2. The van der Waals surface area contributed by atoms with E-state index in [1.807, 2.05) is 0 Å². The summed E-state index contributed by atoms with van der Waals surface area (Å²) < 4.78 is 0.699. The van der Waals surface area contributed by atoms with E-state index in [-0.39, 0.29) is 18.6 Å². The number of rotatable bonds is 12. The second-order valence-corrected chi connectivity index (χ2v) is 6.28. The minimum absolute atomic E-state index is 0.0818. The molecule has 2 atom stereocenters. The van der Waals surface area contributed by atoms with Gasteiger partial charge in [0.05, 0.1) is 0 Å². The number of thiol groups is 1. The number of aliphatic carboxylic acids is 2. The van der Waals surface area contributed by atoms with E-state index in [0.717, 1.165) is 0 Å². The number of hydrogen-bond donors (Lipinski definition) is 5. The Labute approximate surface area is 149 Å². The van der Waals surface area contributed by atoms with E-state index in [1.165, 1.54) is 11.8 Å². The zero-order chi connectivity index (χ0) is 18.7. The molecule has 0 saturated heterocycles. The van der Waals surface area contributed by atoms with Crippen molar-refractivity contribution < 1.29 is 29.4 Å². The van der Waals surface area contributed by atoms with Crippen LogP contribution in [0.25, 0.3) is 0 Å². The molecule has 0 aromatic heterocycles. The van der Waals surface area contributed by atoms with Gasteiger partial charge < -0.3 is 21.3 Å². The third-order valence-corrected chi connectivity index (χ3v) is 4.07. The van der Waals surface area contributed by atoms with Crippen LogP contribution in [0.3, 0.4) is 0 Å². The maximum Gasteiger partial charge on any atom is 0.324 e. The lowest BCUT2D eigenvalue weighted by atomic mass is 10.1. The van der Waals surface area contributed by atoms with Gasteiger partial charge in [-0.2, -0.15) is 11.8 Å². The molecule has 9 nitrogen and oxygen atoms in total. The van der Waals surface area contributed by atoms with Crippen molar-refractivity contribution in [2.75, 3.05) is 18.1 Å². The van der Waals surface area contributed by atoms with Crippen LogP contribution >= 0.6 is 24.6 Å². The number of carbonyl (C=O) groups excluding carboxylic acids is 2. The minimum atomic E-state index is -1.24. The first kappa shape index (κ1) is 22.3. The van der Waals surface area contributed by atoms with Crippen LogP contribution in [-0.2, 0) is 19.2 Å². The topological polar surface area (TPSA) is 150 Å². The molecule has 24 heavy (non-hydrogen) atoms. The first-order valence-electron chi connectivity index (χ1n) is 6.87. The highest BCUT2D eigenvalue weighted by Gasteiger charge is 2.26. The van der Waals surface area contributed by atoms with E-state index >= 15 is 0 Å². The predicted molar refractivity (Wildman–Crippen MR) is 92.6 cm³/mol. The normalized spacial score (nSPS) is 12.8. The number of nitrogens with two attached hydrogens (primary N) is 1. The summed E-state index contributed by atoms with van der Waals surface area (Å²) in [7, 11) is 0. The number of hydrogen-bond acceptors (Lipinski definition) is 7. The fourth-order valence-electron chi connectivity index (χ4n) is 1.51. The van der Waals surface area contributed by atoms with Gasteiger partial charge in [-0.15, -0.1) is 6.58 Å². The van der Waals surface area contributed by atoms with Crippen LogP contribution in [0, 0.1) is 0 Å². The molecule has 0 rings (SSSR count). The van der Waals surface area contributed by atoms with Gasteiger partial charge in [0.1, 0.15) is 18.6 Å². The summed E-state index contributed by atoms with van der Waals surface area (Å²) in [6, 6.07) is -2.16. The van der Waals surface area contributed by atoms with Crippen LogP contribution in [0.4, 0.5) is 0 Å². The molecule has 11 heteroatoms. The number of nitrogens with one attached hydrogen (secondary N) is 1. The minimum Gasteiger partial charge on any atom is -0.480 e. The number of amides is 2. The third-order valence-electron chi connectivity index (χ3n) is 2.69. The Morgan fingerprint density at radius 3 is 2.46 bits per heavy atom. The van der Waals surface area contributed by atoms with Crippen molar-refractivity contribution in [1.82, 2.24) is 9.62 Å². The summed E-state index contributed by atoms with van der Waals surface area (Å²) in [4.78, 5) is 45.3. The molecule has 2 unspecified atom stereocenters. The lowest BCUT2D eigenvalue weighted by molar-refractivity contribution is -0.141. The quantitative estimate of drug-likeness (QED) is 0.170. The molecule has 2 amide bonds. The van der Waals surface area contributed by atoms with Crippen molar-refractivity contribution in [3.63, 3.8) is 0 Å². The fraction of sp³-hybridized carbons (Fsp3) is 0.538. The third kappa shape index (κ3) is 9.43. The van der Waals surface area contributed by atoms with Gasteiger partial charge in [-0.25, -0.2) is 0 Å². The van der Waals surface area contributed by atoms with Crippen LogP contribution in [0.2, 0.25) is 0 Å². The molecule has 0 spiro atoms. The number of thioether (sulfide) groups is 1. The number of nitrogens with zero attached hydrogens (tertiary/aromatic N) is 1. The van der Waals surface area contributed by atoms with Crippen molar-refractivity contribution in [2.45, 2.75) is 24.9 Å². The van der Waals surface area contributed by atoms with Gasteiger partial charge in [-0.1, -0.05) is 18.9 Å². The van der Waals surface area contributed by atoms with Gasteiger partial charge >= 0.3 is 11.9 Å². The van der Waals surface area contributed by atoms with E-state index in [4.69, 9.17) is 15.9 Å². The van der Waals surface area contributed by atoms with E-state index in [9.17, 15) is 19.2 Å². The molecule has 136 valence electrons. The molecule has 0 aliphatic heterocycles. The van der Waals surface area contributed by atoms with Gasteiger partial charge in [-0.05, 0) is 6.42 Å². The SMILES string of the molecule is C=CCSCC(NC(=O)CCC(N)C(=O)O)C(=O)N(S)CC(=O)O. The first-order chi connectivity index (χ1) is 11.2. The largest absolute Gasteiger partial charge is 0.480 e. The molecule has 0 aliphatic carbocycles. The second-order valence-electron chi connectivity index (χ2n) is 4.72. The molecule has 0 bridgehead atoms. The van der Waals surface area contributed by atoms with Gasteiger partial charge in [0.2, 0.25) is 5.91 Å².